The van der Waals surface area contributed by atoms with Crippen LogP contribution in [0.5, 0.6) is 0 Å². The molecule has 2 rings (SSSR count). The molecule has 1 unspecified atom stereocenters. The number of fused-ring (bicyclic) bond motifs is 1. The quantitative estimate of drug-likeness (QED) is 0.719. The second-order valence-electron chi connectivity index (χ2n) is 6.71. The van der Waals surface area contributed by atoms with Crippen LogP contribution in [-0.2, 0) is 11.2 Å². The maximum atomic E-state index is 12.1. The number of hydrogen-bond donors (Lipinski definition) is 3. The number of nitrogens with zero attached hydrogens (tertiary/aromatic N) is 1. The summed E-state index contributed by atoms with van der Waals surface area (Å²) in [5.74, 6) is 0.835. The first-order valence-corrected chi connectivity index (χ1v) is 8.35. The van der Waals surface area contributed by atoms with Gasteiger partial charge in [-0.1, -0.05) is 26.0 Å². The van der Waals surface area contributed by atoms with E-state index in [1.807, 2.05) is 39.0 Å². The van der Waals surface area contributed by atoms with Gasteiger partial charge in [0, 0.05) is 19.4 Å². The van der Waals surface area contributed by atoms with Crippen molar-refractivity contribution in [1.29, 1.82) is 0 Å². The van der Waals surface area contributed by atoms with Crippen LogP contribution in [0.2, 0.25) is 0 Å². The fourth-order valence-corrected chi connectivity index (χ4v) is 2.48. The van der Waals surface area contributed by atoms with Gasteiger partial charge in [-0.25, -0.2) is 4.98 Å². The van der Waals surface area contributed by atoms with Gasteiger partial charge in [-0.3, -0.25) is 9.59 Å². The summed E-state index contributed by atoms with van der Waals surface area (Å²) in [6.45, 7) is 6.43. The third kappa shape index (κ3) is 4.20. The number of amides is 1. The van der Waals surface area contributed by atoms with Gasteiger partial charge in [-0.05, 0) is 31.4 Å². The van der Waals surface area contributed by atoms with Gasteiger partial charge in [0.2, 0.25) is 5.91 Å². The average Bonchev–Trinajstić information content (AvgIpc) is 2.54. The smallest absolute Gasteiger partial charge is 0.258 e. The van der Waals surface area contributed by atoms with Crippen LogP contribution < -0.4 is 16.6 Å². The van der Waals surface area contributed by atoms with Crippen LogP contribution in [0.4, 0.5) is 0 Å². The van der Waals surface area contributed by atoms with Gasteiger partial charge in [0.05, 0.1) is 16.4 Å². The second kappa shape index (κ2) is 7.57. The lowest BCUT2D eigenvalue weighted by Gasteiger charge is -2.33. The van der Waals surface area contributed by atoms with Crippen LogP contribution >= 0.6 is 0 Å². The molecular formula is C18H26N4O2. The molecule has 0 radical (unpaired) electrons. The summed E-state index contributed by atoms with van der Waals surface area (Å²) in [6.07, 6.45) is 1.54. The van der Waals surface area contributed by atoms with Crippen LogP contribution in [0.15, 0.2) is 29.1 Å². The molecule has 4 N–H and O–H groups in total. The van der Waals surface area contributed by atoms with Gasteiger partial charge < -0.3 is 16.0 Å². The van der Waals surface area contributed by atoms with Crippen molar-refractivity contribution in [2.45, 2.75) is 45.6 Å². The maximum Gasteiger partial charge on any atom is 0.258 e. The lowest BCUT2D eigenvalue weighted by molar-refractivity contribution is -0.123. The highest BCUT2D eigenvalue weighted by atomic mass is 16.1. The number of aromatic amines is 1. The van der Waals surface area contributed by atoms with Crippen molar-refractivity contribution in [2.24, 2.45) is 11.7 Å². The number of para-hydroxylation sites is 1. The van der Waals surface area contributed by atoms with E-state index in [4.69, 9.17) is 5.73 Å². The minimum Gasteiger partial charge on any atom is -0.349 e. The minimum absolute atomic E-state index is 0.0280. The number of carbonyl (C=O) groups excluding carboxylic acids is 1. The molecule has 0 saturated carbocycles. The monoisotopic (exact) mass is 330 g/mol. The molecule has 2 aromatic rings. The Morgan fingerprint density at radius 3 is 2.75 bits per heavy atom. The molecule has 130 valence electrons. The molecule has 1 aromatic carbocycles. The number of carbonyl (C=O) groups is 1. The SMILES string of the molecule is CC(C)C(C)(CN)NC(=O)CCCc1nc2ccccc2c(=O)[nH]1. The number of nitrogens with two attached hydrogens (primary N) is 1. The molecule has 24 heavy (non-hydrogen) atoms. The van der Waals surface area contributed by atoms with Crippen molar-refractivity contribution in [3.63, 3.8) is 0 Å². The number of nitrogens with one attached hydrogen (secondary N) is 2. The highest BCUT2D eigenvalue weighted by Gasteiger charge is 2.28. The van der Waals surface area contributed by atoms with Gasteiger partial charge in [0.15, 0.2) is 0 Å². The van der Waals surface area contributed by atoms with E-state index in [-0.39, 0.29) is 17.4 Å². The Kier molecular flexibility index (Phi) is 5.72. The molecule has 0 aliphatic carbocycles. The largest absolute Gasteiger partial charge is 0.349 e. The van der Waals surface area contributed by atoms with Crippen molar-refractivity contribution >= 4 is 16.8 Å². The van der Waals surface area contributed by atoms with E-state index in [2.05, 4.69) is 15.3 Å². The molecule has 1 amide bonds. The normalized spacial score (nSPS) is 13.9. The summed E-state index contributed by atoms with van der Waals surface area (Å²) in [6, 6.07) is 7.23. The van der Waals surface area contributed by atoms with Crippen molar-refractivity contribution in [3.8, 4) is 0 Å². The number of H-pyrrole nitrogens is 1. The second-order valence-corrected chi connectivity index (χ2v) is 6.71. The Morgan fingerprint density at radius 2 is 2.08 bits per heavy atom. The first-order valence-electron chi connectivity index (χ1n) is 8.35. The molecule has 1 atom stereocenters. The number of aromatic nitrogens is 2. The maximum absolute atomic E-state index is 12.1. The third-order valence-electron chi connectivity index (χ3n) is 4.60. The van der Waals surface area contributed by atoms with Crippen LogP contribution in [0.1, 0.15) is 39.4 Å². The van der Waals surface area contributed by atoms with Gasteiger partial charge in [0.25, 0.3) is 5.56 Å². The molecule has 6 heteroatoms. The zero-order valence-electron chi connectivity index (χ0n) is 14.6. The van der Waals surface area contributed by atoms with Crippen molar-refractivity contribution in [3.05, 3.63) is 40.4 Å². The van der Waals surface area contributed by atoms with Crippen LogP contribution in [0, 0.1) is 5.92 Å². The van der Waals surface area contributed by atoms with Gasteiger partial charge in [-0.2, -0.15) is 0 Å². The Balaban J connectivity index is 1.95. The zero-order valence-corrected chi connectivity index (χ0v) is 14.6. The summed E-state index contributed by atoms with van der Waals surface area (Å²) in [4.78, 5) is 31.4. The van der Waals surface area contributed by atoms with Crippen molar-refractivity contribution in [2.75, 3.05) is 6.54 Å². The summed E-state index contributed by atoms with van der Waals surface area (Å²) < 4.78 is 0. The molecule has 6 nitrogen and oxygen atoms in total. The highest BCUT2D eigenvalue weighted by Crippen LogP contribution is 2.15. The molecule has 0 saturated heterocycles. The lowest BCUT2D eigenvalue weighted by atomic mass is 9.88. The van der Waals surface area contributed by atoms with Crippen LogP contribution in [-0.4, -0.2) is 28.0 Å². The standard InChI is InChI=1S/C18H26N4O2/c1-12(2)18(3,11-19)22-16(23)10-6-9-15-20-14-8-5-4-7-13(14)17(24)21-15/h4-5,7-8,12H,6,9-11,19H2,1-3H3,(H,22,23)(H,20,21,24). The highest BCUT2D eigenvalue weighted by molar-refractivity contribution is 5.77. The summed E-state index contributed by atoms with van der Waals surface area (Å²) in [7, 11) is 0. The first kappa shape index (κ1) is 18.1. The average molecular weight is 330 g/mol. The summed E-state index contributed by atoms with van der Waals surface area (Å²) in [5.41, 5.74) is 5.92. The van der Waals surface area contributed by atoms with Gasteiger partial charge in [0.1, 0.15) is 5.82 Å². The molecule has 0 aliphatic rings. The van der Waals surface area contributed by atoms with E-state index in [1.165, 1.54) is 0 Å². The lowest BCUT2D eigenvalue weighted by Crippen LogP contribution is -2.54. The number of aryl methyl sites for hydroxylation is 1. The molecule has 1 heterocycles. The molecular weight excluding hydrogens is 304 g/mol. The Bertz CT molecular complexity index is 769. The predicted molar refractivity (Wildman–Crippen MR) is 95.7 cm³/mol. The Labute approximate surface area is 141 Å². The van der Waals surface area contributed by atoms with Gasteiger partial charge >= 0.3 is 0 Å². The topological polar surface area (TPSA) is 101 Å². The number of hydrogen-bond acceptors (Lipinski definition) is 4. The Morgan fingerprint density at radius 1 is 1.38 bits per heavy atom. The van der Waals surface area contributed by atoms with Crippen LogP contribution in [0.25, 0.3) is 10.9 Å². The number of benzene rings is 1. The zero-order chi connectivity index (χ0) is 17.7. The molecule has 0 bridgehead atoms. The first-order chi connectivity index (χ1) is 11.4. The van der Waals surface area contributed by atoms with Crippen LogP contribution in [0.3, 0.4) is 0 Å². The summed E-state index contributed by atoms with van der Waals surface area (Å²) in [5, 5.41) is 3.59. The fraction of sp³-hybridized carbons (Fsp3) is 0.500. The minimum atomic E-state index is -0.396. The third-order valence-corrected chi connectivity index (χ3v) is 4.60. The fourth-order valence-electron chi connectivity index (χ4n) is 2.48. The molecule has 0 aliphatic heterocycles. The Hall–Kier alpha value is -2.21. The molecule has 0 spiro atoms. The predicted octanol–water partition coefficient (Wildman–Crippen LogP) is 1.74. The molecule has 1 aromatic heterocycles. The molecule has 0 fully saturated rings. The van der Waals surface area contributed by atoms with Crippen molar-refractivity contribution < 1.29 is 4.79 Å². The number of rotatable bonds is 7. The van der Waals surface area contributed by atoms with E-state index in [0.717, 1.165) is 0 Å². The van der Waals surface area contributed by atoms with E-state index in [0.29, 0.717) is 42.5 Å². The van der Waals surface area contributed by atoms with Crippen molar-refractivity contribution in [1.82, 2.24) is 15.3 Å². The van der Waals surface area contributed by atoms with E-state index in [1.54, 1.807) is 6.07 Å². The van der Waals surface area contributed by atoms with Gasteiger partial charge in [-0.15, -0.1) is 0 Å². The van der Waals surface area contributed by atoms with E-state index < -0.39 is 5.54 Å². The van der Waals surface area contributed by atoms with E-state index in [9.17, 15) is 9.59 Å². The summed E-state index contributed by atoms with van der Waals surface area (Å²) >= 11 is 0. The van der Waals surface area contributed by atoms with E-state index >= 15 is 0 Å².